The number of carboxylic acids is 1. The maximum Gasteiger partial charge on any atom is 0.324 e. The highest BCUT2D eigenvalue weighted by Gasteiger charge is 2.36. The Morgan fingerprint density at radius 2 is 2.00 bits per heavy atom. The second kappa shape index (κ2) is 5.49. The molecule has 1 rings (SSSR count). The van der Waals surface area contributed by atoms with Crippen LogP contribution in [0.5, 0.6) is 0 Å². The predicted molar refractivity (Wildman–Crippen MR) is 64.3 cm³/mol. The average molecular weight is 242 g/mol. The SMILES string of the molecule is CCC(=O)N(CC(=O)O)N1CCCCC1(C)C. The van der Waals surface area contributed by atoms with Crippen LogP contribution in [0.25, 0.3) is 0 Å². The standard InChI is InChI=1S/C12H22N2O3/c1-4-10(15)13(9-11(16)17)14-8-6-5-7-12(14,2)3/h4-9H2,1-3H3,(H,16,17). The van der Waals surface area contributed by atoms with Crippen molar-refractivity contribution in [2.75, 3.05) is 13.1 Å². The first-order valence-corrected chi connectivity index (χ1v) is 6.18. The summed E-state index contributed by atoms with van der Waals surface area (Å²) >= 11 is 0. The molecule has 98 valence electrons. The quantitative estimate of drug-likeness (QED) is 0.811. The first-order valence-electron chi connectivity index (χ1n) is 6.18. The van der Waals surface area contributed by atoms with Crippen molar-refractivity contribution in [1.29, 1.82) is 0 Å². The Morgan fingerprint density at radius 1 is 1.35 bits per heavy atom. The molecule has 0 aromatic carbocycles. The lowest BCUT2D eigenvalue weighted by molar-refractivity contribution is -0.173. The van der Waals surface area contributed by atoms with Gasteiger partial charge in [0.25, 0.3) is 0 Å². The van der Waals surface area contributed by atoms with Crippen molar-refractivity contribution in [2.45, 2.75) is 52.0 Å². The number of hydrogen-bond acceptors (Lipinski definition) is 3. The van der Waals surface area contributed by atoms with Gasteiger partial charge in [-0.1, -0.05) is 13.3 Å². The van der Waals surface area contributed by atoms with E-state index in [2.05, 4.69) is 13.8 Å². The van der Waals surface area contributed by atoms with Crippen LogP contribution in [-0.4, -0.2) is 45.6 Å². The molecule has 0 unspecified atom stereocenters. The van der Waals surface area contributed by atoms with Gasteiger partial charge in [-0.05, 0) is 26.7 Å². The third-order valence-corrected chi connectivity index (χ3v) is 3.27. The molecule has 0 aromatic heterocycles. The minimum absolute atomic E-state index is 0.123. The van der Waals surface area contributed by atoms with Crippen LogP contribution in [-0.2, 0) is 9.59 Å². The highest BCUT2D eigenvalue weighted by molar-refractivity contribution is 5.80. The van der Waals surface area contributed by atoms with E-state index in [4.69, 9.17) is 5.11 Å². The summed E-state index contributed by atoms with van der Waals surface area (Å²) in [5, 5.41) is 12.2. The molecule has 0 radical (unpaired) electrons. The zero-order valence-corrected chi connectivity index (χ0v) is 10.9. The number of rotatable bonds is 4. The van der Waals surface area contributed by atoms with E-state index in [0.29, 0.717) is 6.42 Å². The molecule has 17 heavy (non-hydrogen) atoms. The Labute approximate surface area is 102 Å². The molecular weight excluding hydrogens is 220 g/mol. The summed E-state index contributed by atoms with van der Waals surface area (Å²) in [6, 6.07) is 0. The topological polar surface area (TPSA) is 60.9 Å². The number of hydrogen-bond donors (Lipinski definition) is 1. The fourth-order valence-electron chi connectivity index (χ4n) is 2.32. The molecule has 1 aliphatic rings. The molecule has 5 heteroatoms. The van der Waals surface area contributed by atoms with Crippen LogP contribution >= 0.6 is 0 Å². The Bertz CT molecular complexity index is 302. The monoisotopic (exact) mass is 242 g/mol. The van der Waals surface area contributed by atoms with Gasteiger partial charge in [0.2, 0.25) is 5.91 Å². The average Bonchev–Trinajstić information content (AvgIpc) is 2.24. The van der Waals surface area contributed by atoms with E-state index in [1.54, 1.807) is 6.92 Å². The van der Waals surface area contributed by atoms with E-state index in [1.165, 1.54) is 5.01 Å². The largest absolute Gasteiger partial charge is 0.480 e. The lowest BCUT2D eigenvalue weighted by atomic mass is 9.92. The molecule has 1 heterocycles. The number of carbonyl (C=O) groups excluding carboxylic acids is 1. The number of carboxylic acid groups (broad SMARTS) is 1. The van der Waals surface area contributed by atoms with Gasteiger partial charge in [0.1, 0.15) is 6.54 Å². The Balaban J connectivity index is 2.87. The highest BCUT2D eigenvalue weighted by atomic mass is 16.4. The zero-order valence-electron chi connectivity index (χ0n) is 10.9. The fourth-order valence-corrected chi connectivity index (χ4v) is 2.32. The molecule has 0 aromatic rings. The van der Waals surface area contributed by atoms with Crippen LogP contribution < -0.4 is 0 Å². The van der Waals surface area contributed by atoms with Crippen molar-refractivity contribution in [1.82, 2.24) is 10.0 Å². The van der Waals surface area contributed by atoms with Gasteiger partial charge in [0, 0.05) is 18.5 Å². The van der Waals surface area contributed by atoms with Crippen LogP contribution in [0.2, 0.25) is 0 Å². The van der Waals surface area contributed by atoms with Gasteiger partial charge in [-0.25, -0.2) is 5.01 Å². The third-order valence-electron chi connectivity index (χ3n) is 3.27. The van der Waals surface area contributed by atoms with Gasteiger partial charge in [-0.15, -0.1) is 0 Å². The lowest BCUT2D eigenvalue weighted by Gasteiger charge is -2.47. The Hall–Kier alpha value is -1.10. The molecule has 5 nitrogen and oxygen atoms in total. The van der Waals surface area contributed by atoms with Crippen molar-refractivity contribution in [2.24, 2.45) is 0 Å². The van der Waals surface area contributed by atoms with Crippen LogP contribution in [0.4, 0.5) is 0 Å². The first-order chi connectivity index (χ1) is 7.88. The minimum Gasteiger partial charge on any atom is -0.480 e. The number of nitrogens with zero attached hydrogens (tertiary/aromatic N) is 2. The van der Waals surface area contributed by atoms with Crippen LogP contribution in [0.3, 0.4) is 0 Å². The van der Waals surface area contributed by atoms with Crippen molar-refractivity contribution in [3.63, 3.8) is 0 Å². The van der Waals surface area contributed by atoms with E-state index < -0.39 is 5.97 Å². The van der Waals surface area contributed by atoms with Crippen molar-refractivity contribution < 1.29 is 14.7 Å². The van der Waals surface area contributed by atoms with Crippen LogP contribution in [0.1, 0.15) is 46.5 Å². The maximum atomic E-state index is 11.9. The van der Waals surface area contributed by atoms with E-state index in [-0.39, 0.29) is 18.0 Å². The first kappa shape index (κ1) is 14.0. The molecule has 0 aliphatic carbocycles. The zero-order chi connectivity index (χ0) is 13.1. The number of hydrazine groups is 1. The second-order valence-corrected chi connectivity index (χ2v) is 5.09. The molecule has 0 bridgehead atoms. The molecule has 0 spiro atoms. The highest BCUT2D eigenvalue weighted by Crippen LogP contribution is 2.28. The van der Waals surface area contributed by atoms with Crippen LogP contribution in [0, 0.1) is 0 Å². The number of amides is 1. The van der Waals surface area contributed by atoms with Crippen molar-refractivity contribution in [3.05, 3.63) is 0 Å². The van der Waals surface area contributed by atoms with E-state index >= 15 is 0 Å². The van der Waals surface area contributed by atoms with E-state index in [1.807, 2.05) is 5.01 Å². The van der Waals surface area contributed by atoms with E-state index in [0.717, 1.165) is 25.8 Å². The summed E-state index contributed by atoms with van der Waals surface area (Å²) < 4.78 is 0. The fraction of sp³-hybridized carbons (Fsp3) is 0.833. The number of piperidine rings is 1. The lowest BCUT2D eigenvalue weighted by Crippen LogP contribution is -2.59. The smallest absolute Gasteiger partial charge is 0.324 e. The normalized spacial score (nSPS) is 19.9. The van der Waals surface area contributed by atoms with Gasteiger partial charge >= 0.3 is 5.97 Å². The number of carbonyl (C=O) groups is 2. The van der Waals surface area contributed by atoms with Gasteiger partial charge in [0.15, 0.2) is 0 Å². The molecule has 0 saturated carbocycles. The number of aliphatic carboxylic acids is 1. The second-order valence-electron chi connectivity index (χ2n) is 5.09. The molecule has 1 amide bonds. The summed E-state index contributed by atoms with van der Waals surface area (Å²) in [6.07, 6.45) is 3.46. The Kier molecular flexibility index (Phi) is 4.51. The summed E-state index contributed by atoms with van der Waals surface area (Å²) in [5.41, 5.74) is -0.140. The Morgan fingerprint density at radius 3 is 2.47 bits per heavy atom. The molecular formula is C12H22N2O3. The van der Waals surface area contributed by atoms with Crippen molar-refractivity contribution >= 4 is 11.9 Å². The summed E-state index contributed by atoms with van der Waals surface area (Å²) in [4.78, 5) is 22.7. The molecule has 1 N–H and O–H groups in total. The predicted octanol–water partition coefficient (Wildman–Crippen LogP) is 1.49. The third kappa shape index (κ3) is 3.43. The molecule has 0 atom stereocenters. The van der Waals surface area contributed by atoms with E-state index in [9.17, 15) is 9.59 Å². The van der Waals surface area contributed by atoms with Gasteiger partial charge in [-0.2, -0.15) is 0 Å². The van der Waals surface area contributed by atoms with Crippen molar-refractivity contribution in [3.8, 4) is 0 Å². The maximum absolute atomic E-state index is 11.9. The molecule has 1 saturated heterocycles. The summed E-state index contributed by atoms with van der Waals surface area (Å²) in [5.74, 6) is -1.09. The minimum atomic E-state index is -0.965. The summed E-state index contributed by atoms with van der Waals surface area (Å²) in [7, 11) is 0. The van der Waals surface area contributed by atoms with Gasteiger partial charge < -0.3 is 5.11 Å². The van der Waals surface area contributed by atoms with Gasteiger partial charge in [0.05, 0.1) is 0 Å². The molecule has 1 fully saturated rings. The summed E-state index contributed by atoms with van der Waals surface area (Å²) in [6.45, 7) is 6.39. The molecule has 1 aliphatic heterocycles. The van der Waals surface area contributed by atoms with Crippen LogP contribution in [0.15, 0.2) is 0 Å². The van der Waals surface area contributed by atoms with Gasteiger partial charge in [-0.3, -0.25) is 14.6 Å².